The third-order valence-electron chi connectivity index (χ3n) is 1.51. The molecule has 0 fully saturated rings. The number of nitrogens with zero attached hydrogens (tertiary/aromatic N) is 1. The third kappa shape index (κ3) is 4.03. The lowest BCUT2D eigenvalue weighted by Gasteiger charge is -2.19. The monoisotopic (exact) mass is 206 g/mol. The lowest BCUT2D eigenvalue weighted by Crippen LogP contribution is -2.49. The highest BCUT2D eigenvalue weighted by molar-refractivity contribution is 5.75. The van der Waals surface area contributed by atoms with Gasteiger partial charge in [0.15, 0.2) is 5.96 Å². The second-order valence-electron chi connectivity index (χ2n) is 2.69. The van der Waals surface area contributed by atoms with Crippen LogP contribution in [0.5, 0.6) is 0 Å². The van der Waals surface area contributed by atoms with E-state index in [1.165, 1.54) is 0 Å². The second-order valence-corrected chi connectivity index (χ2v) is 2.69. The summed E-state index contributed by atoms with van der Waals surface area (Å²) in [7, 11) is 0. The molecule has 0 amide bonds. The summed E-state index contributed by atoms with van der Waals surface area (Å²) < 4.78 is 0. The Morgan fingerprint density at radius 1 is 1.36 bits per heavy atom. The topological polar surface area (TPSA) is 168 Å². The quantitative estimate of drug-likeness (QED) is 0.199. The summed E-state index contributed by atoms with van der Waals surface area (Å²) in [6.07, 6.45) is -3.03. The molecule has 0 rings (SSSR count). The van der Waals surface area contributed by atoms with Gasteiger partial charge in [-0.2, -0.15) is 0 Å². The molecule has 0 aliphatic carbocycles. The number of carboxylic acids is 1. The lowest BCUT2D eigenvalue weighted by atomic mass is 10.1. The van der Waals surface area contributed by atoms with Crippen LogP contribution in [0, 0.1) is 0 Å². The summed E-state index contributed by atoms with van der Waals surface area (Å²) in [5, 5.41) is 26.7. The molecular formula is C6H14N4O4. The van der Waals surface area contributed by atoms with Gasteiger partial charge in [-0.3, -0.25) is 9.79 Å². The minimum atomic E-state index is -1.62. The lowest BCUT2D eigenvalue weighted by molar-refractivity contribution is -0.143. The van der Waals surface area contributed by atoms with Gasteiger partial charge in [-0.05, 0) is 0 Å². The zero-order valence-corrected chi connectivity index (χ0v) is 7.37. The molecule has 8 heteroatoms. The number of aliphatic imine (C=N–C) groups is 1. The number of carbonyl (C=O) groups is 1. The normalized spacial score (nSPS) is 16.8. The highest BCUT2D eigenvalue weighted by Crippen LogP contribution is 1.99. The Labute approximate surface area is 80.0 Å². The number of carboxylic acid groups (broad SMARTS) is 1. The molecule has 0 aromatic carbocycles. The smallest absolute Gasteiger partial charge is 0.323 e. The van der Waals surface area contributed by atoms with Crippen molar-refractivity contribution < 1.29 is 20.1 Å². The Morgan fingerprint density at radius 2 is 1.86 bits per heavy atom. The van der Waals surface area contributed by atoms with Gasteiger partial charge >= 0.3 is 5.97 Å². The number of hydrogen-bond donors (Lipinski definition) is 6. The predicted molar refractivity (Wildman–Crippen MR) is 48.3 cm³/mol. The molecule has 0 bridgehead atoms. The van der Waals surface area contributed by atoms with E-state index in [1.54, 1.807) is 0 Å². The van der Waals surface area contributed by atoms with Crippen LogP contribution < -0.4 is 17.2 Å². The molecule has 9 N–H and O–H groups in total. The SMILES string of the molecule is NC(N)=NCC(O)C(O)C(N)C(=O)O. The van der Waals surface area contributed by atoms with Crippen molar-refractivity contribution in [2.24, 2.45) is 22.2 Å². The molecule has 0 aliphatic heterocycles. The van der Waals surface area contributed by atoms with E-state index >= 15 is 0 Å². The van der Waals surface area contributed by atoms with E-state index in [0.717, 1.165) is 0 Å². The summed E-state index contributed by atoms with van der Waals surface area (Å²) in [6, 6.07) is -1.57. The van der Waals surface area contributed by atoms with Gasteiger partial charge in [0, 0.05) is 0 Å². The van der Waals surface area contributed by atoms with Gasteiger partial charge in [-0.1, -0.05) is 0 Å². The van der Waals surface area contributed by atoms with E-state index in [-0.39, 0.29) is 12.5 Å². The Morgan fingerprint density at radius 3 is 2.21 bits per heavy atom. The molecular weight excluding hydrogens is 192 g/mol. The molecule has 0 aromatic rings. The fourth-order valence-electron chi connectivity index (χ4n) is 0.692. The van der Waals surface area contributed by atoms with Gasteiger partial charge < -0.3 is 32.5 Å². The predicted octanol–water partition coefficient (Wildman–Crippen LogP) is -3.61. The summed E-state index contributed by atoms with van der Waals surface area (Å²) in [6.45, 7) is -0.301. The zero-order chi connectivity index (χ0) is 11.3. The Balaban J connectivity index is 4.18. The van der Waals surface area contributed by atoms with E-state index in [4.69, 9.17) is 27.4 Å². The maximum Gasteiger partial charge on any atom is 0.323 e. The van der Waals surface area contributed by atoms with Gasteiger partial charge in [0.1, 0.15) is 18.2 Å². The molecule has 3 atom stereocenters. The van der Waals surface area contributed by atoms with E-state index < -0.39 is 24.2 Å². The van der Waals surface area contributed by atoms with Crippen molar-refractivity contribution in [2.45, 2.75) is 18.2 Å². The summed E-state index contributed by atoms with van der Waals surface area (Å²) in [4.78, 5) is 13.7. The fraction of sp³-hybridized carbons (Fsp3) is 0.667. The number of guanidine groups is 1. The maximum absolute atomic E-state index is 10.3. The Hall–Kier alpha value is -1.38. The summed E-state index contributed by atoms with van der Waals surface area (Å²) >= 11 is 0. The molecule has 14 heavy (non-hydrogen) atoms. The van der Waals surface area contributed by atoms with E-state index in [2.05, 4.69) is 4.99 Å². The van der Waals surface area contributed by atoms with Crippen molar-refractivity contribution in [3.8, 4) is 0 Å². The molecule has 0 saturated carbocycles. The number of aliphatic hydroxyl groups is 2. The van der Waals surface area contributed by atoms with Crippen LogP contribution in [0.4, 0.5) is 0 Å². The summed E-state index contributed by atoms with van der Waals surface area (Å²) in [5.74, 6) is -1.68. The Bertz CT molecular complexity index is 228. The second kappa shape index (κ2) is 5.37. The van der Waals surface area contributed by atoms with Gasteiger partial charge in [0.05, 0.1) is 6.54 Å². The highest BCUT2D eigenvalue weighted by atomic mass is 16.4. The average Bonchev–Trinajstić information content (AvgIpc) is 2.11. The summed E-state index contributed by atoms with van der Waals surface area (Å²) in [5.41, 5.74) is 15.0. The van der Waals surface area contributed by atoms with Crippen LogP contribution in [0.3, 0.4) is 0 Å². The average molecular weight is 206 g/mol. The molecule has 0 saturated heterocycles. The number of aliphatic hydroxyl groups excluding tert-OH is 2. The van der Waals surface area contributed by atoms with Crippen molar-refractivity contribution >= 4 is 11.9 Å². The van der Waals surface area contributed by atoms with Crippen molar-refractivity contribution in [3.63, 3.8) is 0 Å². The van der Waals surface area contributed by atoms with Crippen molar-refractivity contribution in [3.05, 3.63) is 0 Å². The van der Waals surface area contributed by atoms with E-state index in [9.17, 15) is 9.90 Å². The first kappa shape index (κ1) is 12.6. The largest absolute Gasteiger partial charge is 0.480 e. The van der Waals surface area contributed by atoms with Crippen LogP contribution in [0.1, 0.15) is 0 Å². The van der Waals surface area contributed by atoms with E-state index in [1.807, 2.05) is 0 Å². The van der Waals surface area contributed by atoms with Crippen LogP contribution in [-0.4, -0.2) is 52.0 Å². The van der Waals surface area contributed by atoms with Gasteiger partial charge in [-0.15, -0.1) is 0 Å². The first-order chi connectivity index (χ1) is 6.36. The first-order valence-electron chi connectivity index (χ1n) is 3.76. The minimum Gasteiger partial charge on any atom is -0.480 e. The van der Waals surface area contributed by atoms with E-state index in [0.29, 0.717) is 0 Å². The maximum atomic E-state index is 10.3. The molecule has 0 aromatic heterocycles. The molecule has 0 radical (unpaired) electrons. The number of nitrogens with two attached hydrogens (primary N) is 3. The standard InChI is InChI=1S/C6H14N4O4/c7-3(5(13)14)4(12)2(11)1-10-6(8)9/h2-4,11-12H,1,7H2,(H,13,14)(H4,8,9,10). The van der Waals surface area contributed by atoms with Crippen LogP contribution in [0.2, 0.25) is 0 Å². The van der Waals surface area contributed by atoms with Crippen molar-refractivity contribution in [1.29, 1.82) is 0 Å². The molecule has 3 unspecified atom stereocenters. The van der Waals surface area contributed by atoms with Crippen molar-refractivity contribution in [1.82, 2.24) is 0 Å². The first-order valence-corrected chi connectivity index (χ1v) is 3.76. The fourth-order valence-corrected chi connectivity index (χ4v) is 0.692. The van der Waals surface area contributed by atoms with Crippen LogP contribution in [0.25, 0.3) is 0 Å². The minimum absolute atomic E-state index is 0.264. The van der Waals surface area contributed by atoms with Gasteiger partial charge in [-0.25, -0.2) is 0 Å². The zero-order valence-electron chi connectivity index (χ0n) is 7.37. The van der Waals surface area contributed by atoms with Gasteiger partial charge in [0.25, 0.3) is 0 Å². The van der Waals surface area contributed by atoms with Gasteiger partial charge in [0.2, 0.25) is 0 Å². The highest BCUT2D eigenvalue weighted by Gasteiger charge is 2.28. The number of hydrogen-bond acceptors (Lipinski definition) is 5. The van der Waals surface area contributed by atoms with Crippen molar-refractivity contribution in [2.75, 3.05) is 6.54 Å². The molecule has 8 nitrogen and oxygen atoms in total. The number of rotatable bonds is 5. The number of aliphatic carboxylic acids is 1. The Kier molecular flexibility index (Phi) is 4.84. The molecule has 0 heterocycles. The van der Waals surface area contributed by atoms with Crippen LogP contribution in [-0.2, 0) is 4.79 Å². The molecule has 0 spiro atoms. The molecule has 82 valence electrons. The van der Waals surface area contributed by atoms with Crippen LogP contribution in [0.15, 0.2) is 4.99 Å². The third-order valence-corrected chi connectivity index (χ3v) is 1.51. The molecule has 0 aliphatic rings. The van der Waals surface area contributed by atoms with Crippen LogP contribution >= 0.6 is 0 Å².